The maximum Gasteiger partial charge on any atom is 0.0637 e. The van der Waals surface area contributed by atoms with Gasteiger partial charge in [-0.1, -0.05) is 37.3 Å². The number of nitrogens with zero attached hydrogens (tertiary/aromatic N) is 1. The second kappa shape index (κ2) is 6.36. The first-order valence-electron chi connectivity index (χ1n) is 6.58. The van der Waals surface area contributed by atoms with Gasteiger partial charge in [-0.15, -0.1) is 0 Å². The first-order chi connectivity index (χ1) is 8.31. The van der Waals surface area contributed by atoms with E-state index in [2.05, 4.69) is 10.3 Å². The fourth-order valence-corrected chi connectivity index (χ4v) is 3.08. The van der Waals surface area contributed by atoms with E-state index >= 15 is 0 Å². The van der Waals surface area contributed by atoms with E-state index in [1.54, 1.807) is 6.20 Å². The predicted octanol–water partition coefficient (Wildman–Crippen LogP) is 3.97. The second-order valence-corrected chi connectivity index (χ2v) is 5.37. The number of aromatic nitrogens is 1. The average Bonchev–Trinajstić information content (AvgIpc) is 2.85. The van der Waals surface area contributed by atoms with Gasteiger partial charge in [-0.25, -0.2) is 0 Å². The van der Waals surface area contributed by atoms with Gasteiger partial charge in [0.15, 0.2) is 0 Å². The van der Waals surface area contributed by atoms with Crippen LogP contribution in [0.2, 0.25) is 5.02 Å². The Morgan fingerprint density at radius 2 is 2.24 bits per heavy atom. The Kier molecular flexibility index (Phi) is 4.81. The molecule has 1 aliphatic carbocycles. The number of pyridine rings is 1. The third kappa shape index (κ3) is 3.43. The summed E-state index contributed by atoms with van der Waals surface area (Å²) in [5, 5.41) is 4.15. The maximum atomic E-state index is 6.19. The van der Waals surface area contributed by atoms with Crippen LogP contribution in [0.4, 0.5) is 0 Å². The molecule has 1 aliphatic rings. The highest BCUT2D eigenvalue weighted by molar-refractivity contribution is 6.31. The fraction of sp³-hybridized carbons (Fsp3) is 0.643. The Morgan fingerprint density at radius 1 is 1.47 bits per heavy atom. The van der Waals surface area contributed by atoms with Crippen molar-refractivity contribution in [2.45, 2.75) is 44.6 Å². The van der Waals surface area contributed by atoms with Crippen LogP contribution in [0.3, 0.4) is 0 Å². The van der Waals surface area contributed by atoms with Crippen LogP contribution in [0.15, 0.2) is 18.5 Å². The zero-order valence-corrected chi connectivity index (χ0v) is 11.2. The van der Waals surface area contributed by atoms with Crippen LogP contribution in [0.1, 0.15) is 50.1 Å². The van der Waals surface area contributed by atoms with Crippen LogP contribution in [0.25, 0.3) is 0 Å². The Hall–Kier alpha value is -0.600. The van der Waals surface area contributed by atoms with Crippen molar-refractivity contribution in [2.24, 2.45) is 5.92 Å². The third-order valence-electron chi connectivity index (χ3n) is 3.87. The van der Waals surface area contributed by atoms with E-state index in [0.29, 0.717) is 6.04 Å². The lowest BCUT2D eigenvalue weighted by atomic mass is 9.95. The fourth-order valence-electron chi connectivity index (χ4n) is 2.83. The first kappa shape index (κ1) is 12.8. The van der Waals surface area contributed by atoms with Crippen molar-refractivity contribution in [3.05, 3.63) is 29.0 Å². The SMILES string of the molecule is CNC(CCC1CCCC1)c1ccncc1Cl. The molecule has 0 bridgehead atoms. The Balaban J connectivity index is 1.94. The van der Waals surface area contributed by atoms with Crippen molar-refractivity contribution in [2.75, 3.05) is 7.05 Å². The molecule has 1 N–H and O–H groups in total. The summed E-state index contributed by atoms with van der Waals surface area (Å²) in [4.78, 5) is 4.04. The number of nitrogens with one attached hydrogen (secondary N) is 1. The third-order valence-corrected chi connectivity index (χ3v) is 4.18. The highest BCUT2D eigenvalue weighted by atomic mass is 35.5. The topological polar surface area (TPSA) is 24.9 Å². The quantitative estimate of drug-likeness (QED) is 0.858. The van der Waals surface area contributed by atoms with Crippen molar-refractivity contribution in [3.63, 3.8) is 0 Å². The van der Waals surface area contributed by atoms with Gasteiger partial charge < -0.3 is 5.32 Å². The van der Waals surface area contributed by atoms with Crippen molar-refractivity contribution in [1.82, 2.24) is 10.3 Å². The van der Waals surface area contributed by atoms with E-state index in [0.717, 1.165) is 10.9 Å². The van der Waals surface area contributed by atoms with E-state index in [-0.39, 0.29) is 0 Å². The van der Waals surface area contributed by atoms with Gasteiger partial charge in [0.25, 0.3) is 0 Å². The predicted molar refractivity (Wildman–Crippen MR) is 72.2 cm³/mol. The molecule has 1 heterocycles. The molecule has 94 valence electrons. The molecule has 3 heteroatoms. The molecule has 2 nitrogen and oxygen atoms in total. The molecule has 0 aliphatic heterocycles. The molecule has 1 fully saturated rings. The first-order valence-corrected chi connectivity index (χ1v) is 6.95. The highest BCUT2D eigenvalue weighted by Crippen LogP contribution is 2.32. The summed E-state index contributed by atoms with van der Waals surface area (Å²) in [6.45, 7) is 0. The molecule has 0 radical (unpaired) electrons. The maximum absolute atomic E-state index is 6.19. The lowest BCUT2D eigenvalue weighted by Gasteiger charge is -2.19. The number of rotatable bonds is 5. The summed E-state index contributed by atoms with van der Waals surface area (Å²) in [7, 11) is 2.01. The van der Waals surface area contributed by atoms with Crippen molar-refractivity contribution in [3.8, 4) is 0 Å². The lowest BCUT2D eigenvalue weighted by molar-refractivity contribution is 0.427. The van der Waals surface area contributed by atoms with Crippen molar-refractivity contribution >= 4 is 11.6 Å². The summed E-state index contributed by atoms with van der Waals surface area (Å²) < 4.78 is 0. The van der Waals surface area contributed by atoms with Gasteiger partial charge in [0.2, 0.25) is 0 Å². The van der Waals surface area contributed by atoms with E-state index in [9.17, 15) is 0 Å². The molecule has 1 atom stereocenters. The van der Waals surface area contributed by atoms with E-state index in [4.69, 9.17) is 11.6 Å². The van der Waals surface area contributed by atoms with Crippen LogP contribution < -0.4 is 5.32 Å². The molecule has 0 aromatic carbocycles. The van der Waals surface area contributed by atoms with E-state index < -0.39 is 0 Å². The molecule has 0 saturated heterocycles. The van der Waals surface area contributed by atoms with E-state index in [1.807, 2.05) is 19.3 Å². The van der Waals surface area contributed by atoms with Crippen LogP contribution in [0, 0.1) is 5.92 Å². The number of hydrogen-bond donors (Lipinski definition) is 1. The van der Waals surface area contributed by atoms with Crippen LogP contribution in [-0.2, 0) is 0 Å². The van der Waals surface area contributed by atoms with Gasteiger partial charge in [-0.3, -0.25) is 4.98 Å². The summed E-state index contributed by atoms with van der Waals surface area (Å²) in [5.41, 5.74) is 1.18. The minimum Gasteiger partial charge on any atom is -0.313 e. The van der Waals surface area contributed by atoms with E-state index in [1.165, 1.54) is 44.1 Å². The van der Waals surface area contributed by atoms with Gasteiger partial charge in [0, 0.05) is 18.4 Å². The molecular weight excluding hydrogens is 232 g/mol. The number of halogens is 1. The zero-order valence-electron chi connectivity index (χ0n) is 10.5. The standard InChI is InChI=1S/C14H21ClN2/c1-16-14(7-6-11-4-2-3-5-11)12-8-9-17-10-13(12)15/h8-11,14,16H,2-7H2,1H3. The Bertz CT molecular complexity index is 348. The minimum absolute atomic E-state index is 0.367. The zero-order chi connectivity index (χ0) is 12.1. The van der Waals surface area contributed by atoms with Gasteiger partial charge in [0.1, 0.15) is 0 Å². The largest absolute Gasteiger partial charge is 0.313 e. The molecule has 1 aromatic rings. The highest BCUT2D eigenvalue weighted by Gasteiger charge is 2.18. The molecule has 0 spiro atoms. The van der Waals surface area contributed by atoms with Crippen LogP contribution >= 0.6 is 11.6 Å². The van der Waals surface area contributed by atoms with Gasteiger partial charge >= 0.3 is 0 Å². The molecule has 17 heavy (non-hydrogen) atoms. The van der Waals surface area contributed by atoms with Gasteiger partial charge in [0.05, 0.1) is 5.02 Å². The molecule has 1 aromatic heterocycles. The van der Waals surface area contributed by atoms with Crippen molar-refractivity contribution in [1.29, 1.82) is 0 Å². The van der Waals surface area contributed by atoms with Crippen molar-refractivity contribution < 1.29 is 0 Å². The second-order valence-electron chi connectivity index (χ2n) is 4.97. The molecular formula is C14H21ClN2. The number of hydrogen-bond acceptors (Lipinski definition) is 2. The normalized spacial score (nSPS) is 18.5. The monoisotopic (exact) mass is 252 g/mol. The molecule has 0 amide bonds. The Labute approximate surface area is 109 Å². The lowest BCUT2D eigenvalue weighted by Crippen LogP contribution is -2.17. The van der Waals surface area contributed by atoms with Gasteiger partial charge in [-0.2, -0.15) is 0 Å². The molecule has 1 saturated carbocycles. The minimum atomic E-state index is 0.367. The summed E-state index contributed by atoms with van der Waals surface area (Å²) in [5.74, 6) is 0.937. The smallest absolute Gasteiger partial charge is 0.0637 e. The van der Waals surface area contributed by atoms with Gasteiger partial charge in [-0.05, 0) is 37.4 Å². The van der Waals surface area contributed by atoms with Crippen LogP contribution in [-0.4, -0.2) is 12.0 Å². The average molecular weight is 253 g/mol. The summed E-state index contributed by atoms with van der Waals surface area (Å²) in [6.07, 6.45) is 11.7. The molecule has 1 unspecified atom stereocenters. The summed E-state index contributed by atoms with van der Waals surface area (Å²) >= 11 is 6.19. The summed E-state index contributed by atoms with van der Waals surface area (Å²) in [6, 6.07) is 2.39. The van der Waals surface area contributed by atoms with Crippen LogP contribution in [0.5, 0.6) is 0 Å². The Morgan fingerprint density at radius 3 is 2.88 bits per heavy atom. The molecule has 2 rings (SSSR count).